The Balaban J connectivity index is 2.02. The lowest BCUT2D eigenvalue weighted by Gasteiger charge is -2.18. The largest absolute Gasteiger partial charge is 0.486 e. The third-order valence-electron chi connectivity index (χ3n) is 2.60. The standard InChI is InChI=1S/C13H14O3/c14-13(15)10-6-8-12(9-7-10)16-11-4-2-1-3-5-11/h2,4,6-9,11H,1,3,5H2,(H,14,15)/t11-/m0/s1. The average Bonchev–Trinajstić information content (AvgIpc) is 2.31. The Labute approximate surface area is 94.4 Å². The van der Waals surface area contributed by atoms with Crippen LogP contribution in [0, 0.1) is 0 Å². The van der Waals surface area contributed by atoms with Crippen molar-refractivity contribution in [1.82, 2.24) is 0 Å². The zero-order chi connectivity index (χ0) is 11.4. The highest BCUT2D eigenvalue weighted by Gasteiger charge is 2.10. The molecule has 16 heavy (non-hydrogen) atoms. The van der Waals surface area contributed by atoms with Gasteiger partial charge < -0.3 is 9.84 Å². The Morgan fingerprint density at radius 2 is 2.06 bits per heavy atom. The molecule has 3 nitrogen and oxygen atoms in total. The van der Waals surface area contributed by atoms with Gasteiger partial charge in [0.1, 0.15) is 11.9 Å². The second-order valence-electron chi connectivity index (χ2n) is 3.84. The first kappa shape index (κ1) is 10.7. The van der Waals surface area contributed by atoms with E-state index in [4.69, 9.17) is 9.84 Å². The van der Waals surface area contributed by atoms with Gasteiger partial charge in [0.05, 0.1) is 5.56 Å². The van der Waals surface area contributed by atoms with Gasteiger partial charge >= 0.3 is 5.97 Å². The highest BCUT2D eigenvalue weighted by molar-refractivity contribution is 5.87. The van der Waals surface area contributed by atoms with Crippen LogP contribution >= 0.6 is 0 Å². The van der Waals surface area contributed by atoms with E-state index in [0.717, 1.165) is 25.0 Å². The molecule has 0 saturated heterocycles. The molecule has 1 aromatic carbocycles. The van der Waals surface area contributed by atoms with Crippen molar-refractivity contribution in [2.24, 2.45) is 0 Å². The van der Waals surface area contributed by atoms with Crippen LogP contribution in [0.15, 0.2) is 36.4 Å². The summed E-state index contributed by atoms with van der Waals surface area (Å²) in [5.74, 6) is -0.189. The number of carboxylic acid groups (broad SMARTS) is 1. The third-order valence-corrected chi connectivity index (χ3v) is 2.60. The number of allylic oxidation sites excluding steroid dienone is 1. The Bertz CT molecular complexity index is 392. The maximum atomic E-state index is 10.7. The molecule has 0 heterocycles. The first-order chi connectivity index (χ1) is 7.75. The van der Waals surface area contributed by atoms with Gasteiger partial charge in [-0.15, -0.1) is 0 Å². The van der Waals surface area contributed by atoms with Gasteiger partial charge in [0, 0.05) is 0 Å². The van der Waals surface area contributed by atoms with Crippen LogP contribution in [0.2, 0.25) is 0 Å². The second-order valence-corrected chi connectivity index (χ2v) is 3.84. The lowest BCUT2D eigenvalue weighted by Crippen LogP contribution is -2.15. The van der Waals surface area contributed by atoms with Crippen LogP contribution in [-0.2, 0) is 0 Å². The van der Waals surface area contributed by atoms with Crippen LogP contribution in [0.3, 0.4) is 0 Å². The summed E-state index contributed by atoms with van der Waals surface area (Å²) in [6.07, 6.45) is 7.61. The van der Waals surface area contributed by atoms with Gasteiger partial charge in [-0.1, -0.05) is 6.08 Å². The summed E-state index contributed by atoms with van der Waals surface area (Å²) in [4.78, 5) is 10.7. The zero-order valence-electron chi connectivity index (χ0n) is 8.93. The first-order valence-corrected chi connectivity index (χ1v) is 5.42. The smallest absolute Gasteiger partial charge is 0.335 e. The lowest BCUT2D eigenvalue weighted by molar-refractivity contribution is 0.0697. The van der Waals surface area contributed by atoms with Crippen molar-refractivity contribution in [3.8, 4) is 5.75 Å². The molecule has 0 bridgehead atoms. The highest BCUT2D eigenvalue weighted by atomic mass is 16.5. The Morgan fingerprint density at radius 3 is 2.62 bits per heavy atom. The van der Waals surface area contributed by atoms with E-state index in [1.54, 1.807) is 24.3 Å². The minimum atomic E-state index is -0.913. The van der Waals surface area contributed by atoms with Crippen LogP contribution in [0.5, 0.6) is 5.75 Å². The van der Waals surface area contributed by atoms with E-state index in [0.29, 0.717) is 0 Å². The molecule has 3 heteroatoms. The molecule has 0 amide bonds. The molecular weight excluding hydrogens is 204 g/mol. The minimum absolute atomic E-state index is 0.129. The zero-order valence-corrected chi connectivity index (χ0v) is 8.93. The Kier molecular flexibility index (Phi) is 3.25. The predicted octanol–water partition coefficient (Wildman–Crippen LogP) is 2.87. The first-order valence-electron chi connectivity index (χ1n) is 5.42. The summed E-state index contributed by atoms with van der Waals surface area (Å²) in [6.45, 7) is 0. The predicted molar refractivity (Wildman–Crippen MR) is 60.8 cm³/mol. The highest BCUT2D eigenvalue weighted by Crippen LogP contribution is 2.19. The quantitative estimate of drug-likeness (QED) is 0.793. The molecule has 0 spiro atoms. The minimum Gasteiger partial charge on any atom is -0.486 e. The van der Waals surface area contributed by atoms with Crippen molar-refractivity contribution in [1.29, 1.82) is 0 Å². The van der Waals surface area contributed by atoms with Crippen LogP contribution in [-0.4, -0.2) is 17.2 Å². The third kappa shape index (κ3) is 2.63. The fraction of sp³-hybridized carbons (Fsp3) is 0.308. The van der Waals surface area contributed by atoms with E-state index in [9.17, 15) is 4.79 Å². The Hall–Kier alpha value is -1.77. The molecule has 1 atom stereocenters. The molecule has 1 N–H and O–H groups in total. The molecule has 1 aliphatic carbocycles. The van der Waals surface area contributed by atoms with Crippen molar-refractivity contribution < 1.29 is 14.6 Å². The fourth-order valence-electron chi connectivity index (χ4n) is 1.73. The molecule has 0 radical (unpaired) electrons. The molecule has 0 fully saturated rings. The van der Waals surface area contributed by atoms with Gasteiger partial charge in [0.2, 0.25) is 0 Å². The van der Waals surface area contributed by atoms with E-state index in [1.165, 1.54) is 0 Å². The van der Waals surface area contributed by atoms with Gasteiger partial charge in [-0.05, 0) is 49.6 Å². The van der Waals surface area contributed by atoms with E-state index in [2.05, 4.69) is 12.2 Å². The summed E-state index contributed by atoms with van der Waals surface area (Å²) < 4.78 is 5.71. The summed E-state index contributed by atoms with van der Waals surface area (Å²) >= 11 is 0. The summed E-state index contributed by atoms with van der Waals surface area (Å²) in [5.41, 5.74) is 0.284. The summed E-state index contributed by atoms with van der Waals surface area (Å²) in [6, 6.07) is 6.52. The molecule has 0 aliphatic heterocycles. The molecule has 2 rings (SSSR count). The van der Waals surface area contributed by atoms with Gasteiger partial charge in [0.25, 0.3) is 0 Å². The van der Waals surface area contributed by atoms with Crippen molar-refractivity contribution in [3.05, 3.63) is 42.0 Å². The van der Waals surface area contributed by atoms with Crippen molar-refractivity contribution in [3.63, 3.8) is 0 Å². The van der Waals surface area contributed by atoms with Gasteiger partial charge in [0.15, 0.2) is 0 Å². The van der Waals surface area contributed by atoms with Crippen molar-refractivity contribution in [2.75, 3.05) is 0 Å². The molecule has 1 aromatic rings. The van der Waals surface area contributed by atoms with E-state index in [-0.39, 0.29) is 11.7 Å². The van der Waals surface area contributed by atoms with E-state index >= 15 is 0 Å². The SMILES string of the molecule is O=C(O)c1ccc(O[C@H]2C=CCCC2)cc1. The lowest BCUT2D eigenvalue weighted by atomic mass is 10.1. The van der Waals surface area contributed by atoms with Crippen molar-refractivity contribution >= 4 is 5.97 Å². The summed E-state index contributed by atoms with van der Waals surface area (Å²) in [5, 5.41) is 8.75. The molecule has 1 aliphatic rings. The van der Waals surface area contributed by atoms with Gasteiger partial charge in [-0.2, -0.15) is 0 Å². The fourth-order valence-corrected chi connectivity index (χ4v) is 1.73. The number of ether oxygens (including phenoxy) is 1. The number of benzene rings is 1. The van der Waals surface area contributed by atoms with Gasteiger partial charge in [-0.3, -0.25) is 0 Å². The average molecular weight is 218 g/mol. The molecular formula is C13H14O3. The molecule has 0 unspecified atom stereocenters. The Morgan fingerprint density at radius 1 is 1.31 bits per heavy atom. The topological polar surface area (TPSA) is 46.5 Å². The van der Waals surface area contributed by atoms with Crippen molar-refractivity contribution in [2.45, 2.75) is 25.4 Å². The molecule has 84 valence electrons. The van der Waals surface area contributed by atoms with Gasteiger partial charge in [-0.25, -0.2) is 4.79 Å². The molecule has 0 aromatic heterocycles. The number of hydrogen-bond donors (Lipinski definition) is 1. The number of hydrogen-bond acceptors (Lipinski definition) is 2. The van der Waals surface area contributed by atoms with E-state index < -0.39 is 5.97 Å². The number of carboxylic acids is 1. The monoisotopic (exact) mass is 218 g/mol. The number of rotatable bonds is 3. The maximum Gasteiger partial charge on any atom is 0.335 e. The number of aromatic carboxylic acids is 1. The van der Waals surface area contributed by atoms with Crippen LogP contribution < -0.4 is 4.74 Å². The summed E-state index contributed by atoms with van der Waals surface area (Å²) in [7, 11) is 0. The van der Waals surface area contributed by atoms with Crippen LogP contribution in [0.1, 0.15) is 29.6 Å². The van der Waals surface area contributed by atoms with Crippen LogP contribution in [0.25, 0.3) is 0 Å². The second kappa shape index (κ2) is 4.84. The molecule has 0 saturated carbocycles. The number of carbonyl (C=O) groups is 1. The normalized spacial score (nSPS) is 19.4. The van der Waals surface area contributed by atoms with Crippen LogP contribution in [0.4, 0.5) is 0 Å². The maximum absolute atomic E-state index is 10.7. The van der Waals surface area contributed by atoms with E-state index in [1.807, 2.05) is 0 Å².